The summed E-state index contributed by atoms with van der Waals surface area (Å²) in [5.74, 6) is 0.326. The molecule has 1 aromatic heterocycles. The second-order valence-electron chi connectivity index (χ2n) is 3.35. The second-order valence-corrected chi connectivity index (χ2v) is 3.35. The van der Waals surface area contributed by atoms with Crippen LogP contribution in [0.1, 0.15) is 6.92 Å². The van der Waals surface area contributed by atoms with Crippen LogP contribution in [0, 0.1) is 0 Å². The van der Waals surface area contributed by atoms with Gasteiger partial charge in [-0.25, -0.2) is 9.97 Å². The van der Waals surface area contributed by atoms with Crippen molar-refractivity contribution in [3.8, 4) is 22.9 Å². The number of hydrogen-bond acceptors (Lipinski definition) is 5. The molecule has 0 saturated heterocycles. The Morgan fingerprint density at radius 2 is 1.88 bits per heavy atom. The van der Waals surface area contributed by atoms with Gasteiger partial charge in [-0.1, -0.05) is 12.1 Å². The minimum absolute atomic E-state index is 0.104. The van der Waals surface area contributed by atoms with E-state index in [0.29, 0.717) is 11.4 Å². The van der Waals surface area contributed by atoms with Gasteiger partial charge in [-0.15, -0.1) is 0 Å². The number of ether oxygens (including phenoxy) is 1. The van der Waals surface area contributed by atoms with Gasteiger partial charge in [0.2, 0.25) is 0 Å². The average Bonchev–Trinajstić information content (AvgIpc) is 2.30. The molecule has 0 bridgehead atoms. The van der Waals surface area contributed by atoms with Gasteiger partial charge >= 0.3 is 5.97 Å². The largest absolute Gasteiger partial charge is 0.507 e. The van der Waals surface area contributed by atoms with Crippen LogP contribution in [-0.4, -0.2) is 21.0 Å². The Morgan fingerprint density at radius 3 is 2.47 bits per heavy atom. The maximum absolute atomic E-state index is 10.7. The van der Waals surface area contributed by atoms with E-state index in [1.165, 1.54) is 19.3 Å². The Balaban J connectivity index is 2.30. The topological polar surface area (TPSA) is 72.3 Å². The van der Waals surface area contributed by atoms with Crippen LogP contribution in [0.5, 0.6) is 11.5 Å². The second kappa shape index (κ2) is 4.61. The van der Waals surface area contributed by atoms with Gasteiger partial charge in [0, 0.05) is 6.92 Å². The lowest BCUT2D eigenvalue weighted by Crippen LogP contribution is -2.02. The number of carbonyl (C=O) groups excluding carboxylic acids is 1. The van der Waals surface area contributed by atoms with Gasteiger partial charge in [0.15, 0.2) is 11.6 Å². The minimum Gasteiger partial charge on any atom is -0.507 e. The van der Waals surface area contributed by atoms with E-state index in [0.717, 1.165) is 0 Å². The highest BCUT2D eigenvalue weighted by molar-refractivity contribution is 5.69. The van der Waals surface area contributed by atoms with Gasteiger partial charge in [0.1, 0.15) is 5.75 Å². The van der Waals surface area contributed by atoms with E-state index in [2.05, 4.69) is 9.97 Å². The molecular weight excluding hydrogens is 220 g/mol. The zero-order valence-corrected chi connectivity index (χ0v) is 9.12. The molecule has 0 aliphatic carbocycles. The highest BCUT2D eigenvalue weighted by atomic mass is 16.5. The third-order valence-electron chi connectivity index (χ3n) is 2.03. The summed E-state index contributed by atoms with van der Waals surface area (Å²) < 4.78 is 4.81. The molecular formula is C12H10N2O3. The predicted octanol–water partition coefficient (Wildman–Crippen LogP) is 1.77. The predicted molar refractivity (Wildman–Crippen MR) is 60.4 cm³/mol. The number of benzene rings is 1. The van der Waals surface area contributed by atoms with E-state index >= 15 is 0 Å². The first-order valence-electron chi connectivity index (χ1n) is 4.95. The summed E-state index contributed by atoms with van der Waals surface area (Å²) >= 11 is 0. The van der Waals surface area contributed by atoms with Crippen molar-refractivity contribution in [1.29, 1.82) is 0 Å². The number of phenols is 1. The van der Waals surface area contributed by atoms with Crippen LogP contribution in [0.2, 0.25) is 0 Å². The molecule has 5 nitrogen and oxygen atoms in total. The van der Waals surface area contributed by atoms with Gasteiger partial charge in [0.05, 0.1) is 18.0 Å². The van der Waals surface area contributed by atoms with Gasteiger partial charge in [-0.3, -0.25) is 4.79 Å². The summed E-state index contributed by atoms with van der Waals surface area (Å²) in [6, 6.07) is 6.75. The Kier molecular flexibility index (Phi) is 3.00. The lowest BCUT2D eigenvalue weighted by atomic mass is 10.2. The van der Waals surface area contributed by atoms with Crippen LogP contribution < -0.4 is 4.74 Å². The number of carbonyl (C=O) groups is 1. The molecule has 1 aromatic carbocycles. The third-order valence-corrected chi connectivity index (χ3v) is 2.03. The Bertz CT molecular complexity index is 538. The molecule has 0 unspecified atom stereocenters. The molecule has 2 aromatic rings. The highest BCUT2D eigenvalue weighted by Crippen LogP contribution is 2.25. The van der Waals surface area contributed by atoms with Crippen molar-refractivity contribution in [3.63, 3.8) is 0 Å². The van der Waals surface area contributed by atoms with Crippen LogP contribution in [0.15, 0.2) is 36.7 Å². The molecule has 0 radical (unpaired) electrons. The number of aromatic hydroxyl groups is 1. The van der Waals surface area contributed by atoms with Gasteiger partial charge in [-0.05, 0) is 12.1 Å². The number of hydrogen-bond donors (Lipinski definition) is 1. The molecule has 0 amide bonds. The van der Waals surface area contributed by atoms with Crippen LogP contribution in [0.3, 0.4) is 0 Å². The summed E-state index contributed by atoms with van der Waals surface area (Å²) in [6.45, 7) is 1.30. The van der Waals surface area contributed by atoms with E-state index in [1.807, 2.05) is 0 Å². The van der Waals surface area contributed by atoms with E-state index in [4.69, 9.17) is 4.74 Å². The molecule has 86 valence electrons. The molecule has 0 atom stereocenters. The zero-order valence-electron chi connectivity index (χ0n) is 9.12. The molecule has 5 heteroatoms. The van der Waals surface area contributed by atoms with E-state index in [-0.39, 0.29) is 11.5 Å². The zero-order chi connectivity index (χ0) is 12.3. The Hall–Kier alpha value is -2.43. The fourth-order valence-electron chi connectivity index (χ4n) is 1.34. The van der Waals surface area contributed by atoms with Crippen molar-refractivity contribution >= 4 is 5.97 Å². The smallest absolute Gasteiger partial charge is 0.308 e. The fraction of sp³-hybridized carbons (Fsp3) is 0.0833. The molecule has 0 saturated carbocycles. The number of rotatable bonds is 2. The molecule has 17 heavy (non-hydrogen) atoms. The lowest BCUT2D eigenvalue weighted by molar-refractivity contribution is -0.131. The Morgan fingerprint density at radius 1 is 1.24 bits per heavy atom. The first-order valence-corrected chi connectivity index (χ1v) is 4.95. The molecule has 0 fully saturated rings. The first-order chi connectivity index (χ1) is 8.16. The highest BCUT2D eigenvalue weighted by Gasteiger charge is 2.06. The van der Waals surface area contributed by atoms with Crippen LogP contribution in [-0.2, 0) is 4.79 Å². The quantitative estimate of drug-likeness (QED) is 0.796. The number of phenolic OH excluding ortho intramolecular Hbond substituents is 1. The van der Waals surface area contributed by atoms with Crippen molar-refractivity contribution in [1.82, 2.24) is 9.97 Å². The molecule has 1 N–H and O–H groups in total. The van der Waals surface area contributed by atoms with Crippen molar-refractivity contribution in [3.05, 3.63) is 36.7 Å². The molecule has 0 aliphatic rings. The molecule has 2 rings (SSSR count). The summed E-state index contributed by atoms with van der Waals surface area (Å²) in [4.78, 5) is 18.7. The Labute approximate surface area is 97.7 Å². The minimum atomic E-state index is -0.427. The van der Waals surface area contributed by atoms with Crippen molar-refractivity contribution in [2.75, 3.05) is 0 Å². The van der Waals surface area contributed by atoms with Crippen molar-refractivity contribution < 1.29 is 14.6 Å². The van der Waals surface area contributed by atoms with E-state index < -0.39 is 5.97 Å². The van der Waals surface area contributed by atoms with Crippen molar-refractivity contribution in [2.45, 2.75) is 6.92 Å². The first kappa shape index (κ1) is 11.1. The van der Waals surface area contributed by atoms with E-state index in [1.54, 1.807) is 24.3 Å². The van der Waals surface area contributed by atoms with Crippen LogP contribution >= 0.6 is 0 Å². The molecule has 0 spiro atoms. The number of aromatic nitrogens is 2. The fourth-order valence-corrected chi connectivity index (χ4v) is 1.34. The van der Waals surface area contributed by atoms with Gasteiger partial charge in [-0.2, -0.15) is 0 Å². The van der Waals surface area contributed by atoms with E-state index in [9.17, 15) is 9.90 Å². The lowest BCUT2D eigenvalue weighted by Gasteiger charge is -2.03. The van der Waals surface area contributed by atoms with Crippen LogP contribution in [0.4, 0.5) is 0 Å². The van der Waals surface area contributed by atoms with Gasteiger partial charge in [0.25, 0.3) is 0 Å². The standard InChI is InChI=1S/C12H10N2O3/c1-8(15)17-9-6-13-12(14-7-9)10-4-2-3-5-11(10)16/h2-7,16H,1H3. The SMILES string of the molecule is CC(=O)Oc1cnc(-c2ccccc2O)nc1. The maximum atomic E-state index is 10.7. The van der Waals surface area contributed by atoms with Crippen molar-refractivity contribution in [2.24, 2.45) is 0 Å². The number of esters is 1. The van der Waals surface area contributed by atoms with Crippen LogP contribution in [0.25, 0.3) is 11.4 Å². The maximum Gasteiger partial charge on any atom is 0.308 e. The summed E-state index contributed by atoms with van der Waals surface area (Å²) in [6.07, 6.45) is 2.77. The summed E-state index contributed by atoms with van der Waals surface area (Å²) in [5.41, 5.74) is 0.530. The molecule has 1 heterocycles. The summed E-state index contributed by atoms with van der Waals surface area (Å²) in [7, 11) is 0. The third kappa shape index (κ3) is 2.57. The summed E-state index contributed by atoms with van der Waals surface area (Å²) in [5, 5.41) is 9.61. The molecule has 0 aliphatic heterocycles. The monoisotopic (exact) mass is 230 g/mol. The number of para-hydroxylation sites is 1. The average molecular weight is 230 g/mol. The van der Waals surface area contributed by atoms with Gasteiger partial charge < -0.3 is 9.84 Å². The normalized spacial score (nSPS) is 9.94. The number of nitrogens with zero attached hydrogens (tertiary/aromatic N) is 2.